The van der Waals surface area contributed by atoms with Crippen LogP contribution in [0.1, 0.15) is 27.3 Å². The van der Waals surface area contributed by atoms with Crippen LogP contribution >= 0.6 is 11.6 Å². The number of aromatic nitrogens is 4. The van der Waals surface area contributed by atoms with Gasteiger partial charge in [0.1, 0.15) is 7.11 Å². The van der Waals surface area contributed by atoms with Gasteiger partial charge in [-0.3, -0.25) is 9.59 Å². The molecule has 0 atom stereocenters. The molecule has 0 spiro atoms. The zero-order valence-corrected chi connectivity index (χ0v) is 18.6. The van der Waals surface area contributed by atoms with Crippen molar-refractivity contribution in [3.8, 4) is 0 Å². The minimum absolute atomic E-state index is 0.148. The third kappa shape index (κ3) is 4.03. The van der Waals surface area contributed by atoms with Gasteiger partial charge in [-0.2, -0.15) is 5.10 Å². The molecule has 33 heavy (non-hydrogen) atoms. The van der Waals surface area contributed by atoms with E-state index in [0.717, 1.165) is 15.8 Å². The summed E-state index contributed by atoms with van der Waals surface area (Å²) in [5, 5.41) is 8.17. The lowest BCUT2D eigenvalue weighted by Crippen LogP contribution is -2.42. The number of rotatable bonds is 5. The third-order valence-electron chi connectivity index (χ3n) is 5.61. The number of pyridine rings is 1. The molecule has 4 heterocycles. The van der Waals surface area contributed by atoms with Crippen molar-refractivity contribution < 1.29 is 9.63 Å². The van der Waals surface area contributed by atoms with Crippen LogP contribution in [0.4, 0.5) is 5.95 Å². The van der Waals surface area contributed by atoms with Crippen molar-refractivity contribution in [3.63, 3.8) is 0 Å². The monoisotopic (exact) mass is 464 g/mol. The number of amides is 1. The SMILES string of the molecule is COn1c(NCc2ccc(Cl)cc2)nc2c(c1=O)CN(C(=O)c1cc3ccccn3n1)CC2. The minimum atomic E-state index is -0.339. The number of hydrogen-bond acceptors (Lipinski definition) is 6. The van der Waals surface area contributed by atoms with Crippen molar-refractivity contribution in [2.24, 2.45) is 0 Å². The first-order valence-corrected chi connectivity index (χ1v) is 10.8. The number of nitrogens with one attached hydrogen (secondary N) is 1. The number of nitrogens with zero attached hydrogens (tertiary/aromatic N) is 5. The minimum Gasteiger partial charge on any atom is -0.411 e. The Labute approximate surface area is 194 Å². The largest absolute Gasteiger partial charge is 0.411 e. The molecule has 1 aliphatic heterocycles. The molecule has 1 N–H and O–H groups in total. The first-order chi connectivity index (χ1) is 16.0. The van der Waals surface area contributed by atoms with Crippen molar-refractivity contribution >= 4 is 29.0 Å². The molecule has 168 valence electrons. The van der Waals surface area contributed by atoms with Gasteiger partial charge in [-0.15, -0.1) is 4.73 Å². The summed E-state index contributed by atoms with van der Waals surface area (Å²) in [7, 11) is 1.41. The van der Waals surface area contributed by atoms with E-state index in [0.29, 0.717) is 47.4 Å². The molecule has 10 heteroatoms. The topological polar surface area (TPSA) is 93.8 Å². The van der Waals surface area contributed by atoms with Crippen molar-refractivity contribution in [1.82, 2.24) is 24.2 Å². The van der Waals surface area contributed by atoms with Gasteiger partial charge in [0.15, 0.2) is 5.69 Å². The van der Waals surface area contributed by atoms with Gasteiger partial charge in [0.05, 0.1) is 23.3 Å². The molecule has 0 saturated carbocycles. The van der Waals surface area contributed by atoms with E-state index in [1.807, 2.05) is 30.3 Å². The predicted octanol–water partition coefficient (Wildman–Crippen LogP) is 2.41. The van der Waals surface area contributed by atoms with Crippen molar-refractivity contribution in [2.75, 3.05) is 19.0 Å². The van der Waals surface area contributed by atoms with Gasteiger partial charge < -0.3 is 15.1 Å². The highest BCUT2D eigenvalue weighted by Gasteiger charge is 2.28. The second-order valence-electron chi connectivity index (χ2n) is 7.70. The highest BCUT2D eigenvalue weighted by Crippen LogP contribution is 2.19. The lowest BCUT2D eigenvalue weighted by atomic mass is 10.1. The number of halogens is 1. The molecule has 4 aromatic rings. The average molecular weight is 465 g/mol. The highest BCUT2D eigenvalue weighted by atomic mass is 35.5. The van der Waals surface area contributed by atoms with Crippen LogP contribution in [0.2, 0.25) is 5.02 Å². The van der Waals surface area contributed by atoms with Gasteiger partial charge in [0.25, 0.3) is 11.5 Å². The molecular weight excluding hydrogens is 444 g/mol. The van der Waals surface area contributed by atoms with Crippen LogP contribution in [0.5, 0.6) is 0 Å². The van der Waals surface area contributed by atoms with Gasteiger partial charge >= 0.3 is 0 Å². The standard InChI is InChI=1S/C23H21ClN6O3/c1-33-30-21(31)18-14-28(22(32)20-12-17-4-2-3-10-29(17)27-20)11-9-19(18)26-23(30)25-13-15-5-7-16(24)8-6-15/h2-8,10,12H,9,11,13-14H2,1H3,(H,25,26). The first-order valence-electron chi connectivity index (χ1n) is 10.4. The fraction of sp³-hybridized carbons (Fsp3) is 0.217. The summed E-state index contributed by atoms with van der Waals surface area (Å²) < 4.78 is 2.77. The Bertz CT molecular complexity index is 1360. The Balaban J connectivity index is 1.39. The summed E-state index contributed by atoms with van der Waals surface area (Å²) in [4.78, 5) is 37.8. The summed E-state index contributed by atoms with van der Waals surface area (Å²) in [5.74, 6) is 0.0917. The number of hydrogen-bond donors (Lipinski definition) is 1. The Hall–Kier alpha value is -3.85. The summed E-state index contributed by atoms with van der Waals surface area (Å²) in [6.45, 7) is 1.04. The van der Waals surface area contributed by atoms with E-state index in [1.165, 1.54) is 7.11 Å². The predicted molar refractivity (Wildman–Crippen MR) is 123 cm³/mol. The number of anilines is 1. The molecule has 1 aromatic carbocycles. The lowest BCUT2D eigenvalue weighted by molar-refractivity contribution is 0.0722. The van der Waals surface area contributed by atoms with Gasteiger partial charge in [-0.05, 0) is 35.9 Å². The second-order valence-corrected chi connectivity index (χ2v) is 8.14. The summed E-state index contributed by atoms with van der Waals surface area (Å²) in [5.41, 5.74) is 2.92. The Morgan fingerprint density at radius 1 is 1.21 bits per heavy atom. The van der Waals surface area contributed by atoms with Gasteiger partial charge in [-0.1, -0.05) is 29.8 Å². The fourth-order valence-electron chi connectivity index (χ4n) is 3.90. The van der Waals surface area contributed by atoms with E-state index in [2.05, 4.69) is 15.4 Å². The zero-order chi connectivity index (χ0) is 22.9. The van der Waals surface area contributed by atoms with Gasteiger partial charge in [0, 0.05) is 30.7 Å². The summed E-state index contributed by atoms with van der Waals surface area (Å²) in [6, 6.07) is 14.8. The molecule has 0 unspecified atom stereocenters. The van der Waals surface area contributed by atoms with Gasteiger partial charge in [-0.25, -0.2) is 9.50 Å². The van der Waals surface area contributed by atoms with Crippen molar-refractivity contribution in [1.29, 1.82) is 0 Å². The summed E-state index contributed by atoms with van der Waals surface area (Å²) in [6.07, 6.45) is 2.25. The molecule has 0 radical (unpaired) electrons. The van der Waals surface area contributed by atoms with Crippen LogP contribution in [0.25, 0.3) is 5.52 Å². The van der Waals surface area contributed by atoms with E-state index in [1.54, 1.807) is 33.8 Å². The fourth-order valence-corrected chi connectivity index (χ4v) is 4.03. The van der Waals surface area contributed by atoms with E-state index in [4.69, 9.17) is 16.4 Å². The molecule has 0 bridgehead atoms. The zero-order valence-electron chi connectivity index (χ0n) is 17.9. The molecule has 1 aliphatic rings. The molecule has 0 aliphatic carbocycles. The van der Waals surface area contributed by atoms with Crippen LogP contribution in [0.3, 0.4) is 0 Å². The quantitative estimate of drug-likeness (QED) is 0.487. The van der Waals surface area contributed by atoms with E-state index < -0.39 is 0 Å². The molecule has 3 aromatic heterocycles. The van der Waals surface area contributed by atoms with E-state index in [9.17, 15) is 9.59 Å². The Kier molecular flexibility index (Phi) is 5.47. The number of fused-ring (bicyclic) bond motifs is 2. The van der Waals surface area contributed by atoms with Crippen molar-refractivity contribution in [3.05, 3.63) is 92.6 Å². The Morgan fingerprint density at radius 2 is 2.03 bits per heavy atom. The maximum Gasteiger partial charge on any atom is 0.293 e. The molecule has 1 amide bonds. The van der Waals surface area contributed by atoms with E-state index >= 15 is 0 Å². The maximum absolute atomic E-state index is 13.1. The highest BCUT2D eigenvalue weighted by molar-refractivity contribution is 6.30. The maximum atomic E-state index is 13.1. The van der Waals surface area contributed by atoms with Crippen LogP contribution in [-0.4, -0.2) is 43.8 Å². The molecule has 9 nitrogen and oxygen atoms in total. The van der Waals surface area contributed by atoms with Crippen LogP contribution in [0, 0.1) is 0 Å². The van der Waals surface area contributed by atoms with Crippen LogP contribution in [0.15, 0.2) is 59.5 Å². The van der Waals surface area contributed by atoms with Crippen molar-refractivity contribution in [2.45, 2.75) is 19.5 Å². The Morgan fingerprint density at radius 3 is 2.79 bits per heavy atom. The van der Waals surface area contributed by atoms with Crippen LogP contribution in [-0.2, 0) is 19.5 Å². The molecule has 5 rings (SSSR count). The van der Waals surface area contributed by atoms with E-state index in [-0.39, 0.29) is 18.0 Å². The summed E-state index contributed by atoms with van der Waals surface area (Å²) >= 11 is 5.94. The smallest absolute Gasteiger partial charge is 0.293 e. The number of carbonyl (C=O) groups is 1. The first kappa shape index (κ1) is 21.0. The second kappa shape index (κ2) is 8.59. The average Bonchev–Trinajstić information content (AvgIpc) is 3.27. The van der Waals surface area contributed by atoms with Gasteiger partial charge in [0.2, 0.25) is 5.95 Å². The number of benzene rings is 1. The molecule has 0 fully saturated rings. The molecular formula is C23H21ClN6O3. The van der Waals surface area contributed by atoms with Crippen LogP contribution < -0.4 is 15.7 Å². The number of carbonyl (C=O) groups excluding carboxylic acids is 1. The molecule has 0 saturated heterocycles. The lowest BCUT2D eigenvalue weighted by Gasteiger charge is -2.28. The normalized spacial score (nSPS) is 13.1. The third-order valence-corrected chi connectivity index (χ3v) is 5.87.